The van der Waals surface area contributed by atoms with E-state index in [0.717, 1.165) is 5.56 Å². The van der Waals surface area contributed by atoms with Crippen LogP contribution in [0.5, 0.6) is 0 Å². The van der Waals surface area contributed by atoms with Gasteiger partial charge in [0.1, 0.15) is 0 Å². The Balaban J connectivity index is 2.71. The lowest BCUT2D eigenvalue weighted by Gasteiger charge is -1.94. The minimum Gasteiger partial charge on any atom is -0.365 e. The Hall–Kier alpha value is -0.830. The molecule has 0 bridgehead atoms. The topological polar surface area (TPSA) is 40.5 Å². The summed E-state index contributed by atoms with van der Waals surface area (Å²) in [6.07, 6.45) is 1.49. The molecule has 1 rings (SSSR count). The molecule has 0 heterocycles. The van der Waals surface area contributed by atoms with Gasteiger partial charge < -0.3 is 10.2 Å². The van der Waals surface area contributed by atoms with Crippen molar-refractivity contribution in [2.24, 2.45) is 0 Å². The number of hydrogen-bond donors (Lipinski definition) is 2. The van der Waals surface area contributed by atoms with Crippen molar-refractivity contribution in [3.63, 3.8) is 0 Å². The molecule has 0 aliphatic heterocycles. The minimum atomic E-state index is -1.40. The molecule has 0 amide bonds. The quantitative estimate of drug-likeness (QED) is 0.687. The SMILES string of the molecule is OC(O)/C=C/c1ccc(Cl)cc1. The maximum atomic E-state index is 8.51. The van der Waals surface area contributed by atoms with Gasteiger partial charge in [-0.3, -0.25) is 0 Å². The normalized spacial score (nSPS) is 11.3. The first kappa shape index (κ1) is 9.26. The summed E-state index contributed by atoms with van der Waals surface area (Å²) in [7, 11) is 0. The maximum Gasteiger partial charge on any atom is 0.171 e. The fourth-order valence-corrected chi connectivity index (χ4v) is 0.897. The summed E-state index contributed by atoms with van der Waals surface area (Å²) in [6, 6.07) is 7.07. The van der Waals surface area contributed by atoms with Crippen molar-refractivity contribution in [1.82, 2.24) is 0 Å². The molecular formula is C9H9ClO2. The molecule has 0 saturated heterocycles. The summed E-state index contributed by atoms with van der Waals surface area (Å²) in [4.78, 5) is 0. The van der Waals surface area contributed by atoms with E-state index >= 15 is 0 Å². The molecule has 3 heteroatoms. The Bertz CT molecular complexity index is 264. The maximum absolute atomic E-state index is 8.51. The highest BCUT2D eigenvalue weighted by Gasteiger charge is 1.89. The lowest BCUT2D eigenvalue weighted by Crippen LogP contribution is -1.96. The zero-order valence-electron chi connectivity index (χ0n) is 6.31. The van der Waals surface area contributed by atoms with E-state index in [1.165, 1.54) is 6.08 Å². The van der Waals surface area contributed by atoms with Crippen LogP contribution >= 0.6 is 11.6 Å². The number of aliphatic hydroxyl groups is 2. The van der Waals surface area contributed by atoms with E-state index in [1.807, 2.05) is 0 Å². The van der Waals surface area contributed by atoms with Gasteiger partial charge >= 0.3 is 0 Å². The van der Waals surface area contributed by atoms with E-state index in [2.05, 4.69) is 0 Å². The Labute approximate surface area is 75.7 Å². The molecule has 0 atom stereocenters. The number of halogens is 1. The van der Waals surface area contributed by atoms with Gasteiger partial charge in [0.05, 0.1) is 0 Å². The van der Waals surface area contributed by atoms with Crippen LogP contribution in [0.25, 0.3) is 6.08 Å². The monoisotopic (exact) mass is 184 g/mol. The van der Waals surface area contributed by atoms with Crippen molar-refractivity contribution in [2.45, 2.75) is 6.29 Å². The summed E-state index contributed by atoms with van der Waals surface area (Å²) < 4.78 is 0. The number of hydrogen-bond acceptors (Lipinski definition) is 2. The summed E-state index contributed by atoms with van der Waals surface area (Å²) in [5, 5.41) is 17.7. The second-order valence-electron chi connectivity index (χ2n) is 2.32. The molecule has 64 valence electrons. The van der Waals surface area contributed by atoms with Crippen LogP contribution in [-0.4, -0.2) is 16.5 Å². The summed E-state index contributed by atoms with van der Waals surface area (Å²) in [5.74, 6) is 0. The number of benzene rings is 1. The first-order chi connectivity index (χ1) is 5.68. The van der Waals surface area contributed by atoms with Gasteiger partial charge in [-0.05, 0) is 23.8 Å². The molecule has 12 heavy (non-hydrogen) atoms. The van der Waals surface area contributed by atoms with Gasteiger partial charge in [0.25, 0.3) is 0 Å². The molecule has 1 aromatic carbocycles. The predicted molar refractivity (Wildman–Crippen MR) is 48.7 cm³/mol. The van der Waals surface area contributed by atoms with Crippen molar-refractivity contribution in [2.75, 3.05) is 0 Å². The highest BCUT2D eigenvalue weighted by molar-refractivity contribution is 6.30. The third kappa shape index (κ3) is 3.05. The Morgan fingerprint density at radius 1 is 1.17 bits per heavy atom. The van der Waals surface area contributed by atoms with Gasteiger partial charge in [0.15, 0.2) is 6.29 Å². The highest BCUT2D eigenvalue weighted by atomic mass is 35.5. The van der Waals surface area contributed by atoms with Crippen molar-refractivity contribution in [3.05, 3.63) is 40.9 Å². The van der Waals surface area contributed by atoms with Crippen LogP contribution in [-0.2, 0) is 0 Å². The zero-order valence-corrected chi connectivity index (χ0v) is 7.07. The molecule has 2 N–H and O–H groups in total. The van der Waals surface area contributed by atoms with Gasteiger partial charge in [-0.2, -0.15) is 0 Å². The van der Waals surface area contributed by atoms with Crippen LogP contribution < -0.4 is 0 Å². The van der Waals surface area contributed by atoms with Crippen LogP contribution in [0.3, 0.4) is 0 Å². The first-order valence-electron chi connectivity index (χ1n) is 3.48. The summed E-state index contributed by atoms with van der Waals surface area (Å²) in [6.45, 7) is 0. The van der Waals surface area contributed by atoms with E-state index in [4.69, 9.17) is 21.8 Å². The van der Waals surface area contributed by atoms with Crippen LogP contribution in [0.2, 0.25) is 5.02 Å². The molecule has 0 unspecified atom stereocenters. The van der Waals surface area contributed by atoms with Crippen molar-refractivity contribution in [3.8, 4) is 0 Å². The van der Waals surface area contributed by atoms with E-state index in [1.54, 1.807) is 30.3 Å². The Kier molecular flexibility index (Phi) is 3.29. The molecule has 0 spiro atoms. The zero-order chi connectivity index (χ0) is 8.97. The average molecular weight is 185 g/mol. The van der Waals surface area contributed by atoms with E-state index < -0.39 is 6.29 Å². The molecule has 0 aromatic heterocycles. The van der Waals surface area contributed by atoms with Gasteiger partial charge in [0, 0.05) is 5.02 Å². The van der Waals surface area contributed by atoms with Crippen molar-refractivity contribution in [1.29, 1.82) is 0 Å². The fraction of sp³-hybridized carbons (Fsp3) is 0.111. The van der Waals surface area contributed by atoms with Gasteiger partial charge in [-0.15, -0.1) is 0 Å². The molecule has 2 nitrogen and oxygen atoms in total. The molecule has 0 aliphatic carbocycles. The van der Waals surface area contributed by atoms with E-state index in [0.29, 0.717) is 5.02 Å². The Morgan fingerprint density at radius 3 is 2.25 bits per heavy atom. The van der Waals surface area contributed by atoms with E-state index in [-0.39, 0.29) is 0 Å². The standard InChI is InChI=1S/C9H9ClO2/c10-8-4-1-7(2-5-8)3-6-9(11)12/h1-6,9,11-12H/b6-3+. The highest BCUT2D eigenvalue weighted by Crippen LogP contribution is 2.10. The molecular weight excluding hydrogens is 176 g/mol. The lowest BCUT2D eigenvalue weighted by atomic mass is 10.2. The molecule has 0 radical (unpaired) electrons. The van der Waals surface area contributed by atoms with Crippen LogP contribution in [0, 0.1) is 0 Å². The van der Waals surface area contributed by atoms with Crippen molar-refractivity contribution < 1.29 is 10.2 Å². The second kappa shape index (κ2) is 4.26. The average Bonchev–Trinajstić information content (AvgIpc) is 2.03. The molecule has 0 saturated carbocycles. The molecule has 0 aliphatic rings. The lowest BCUT2D eigenvalue weighted by molar-refractivity contribution is 0.00304. The molecule has 1 aromatic rings. The van der Waals surface area contributed by atoms with Gasteiger partial charge in [-0.25, -0.2) is 0 Å². The second-order valence-corrected chi connectivity index (χ2v) is 2.76. The Morgan fingerprint density at radius 2 is 1.75 bits per heavy atom. The van der Waals surface area contributed by atoms with Crippen molar-refractivity contribution >= 4 is 17.7 Å². The summed E-state index contributed by atoms with van der Waals surface area (Å²) >= 11 is 5.65. The first-order valence-corrected chi connectivity index (χ1v) is 3.86. The predicted octanol–water partition coefficient (Wildman–Crippen LogP) is 1.66. The fourth-order valence-electron chi connectivity index (χ4n) is 0.771. The van der Waals surface area contributed by atoms with Crippen LogP contribution in [0.15, 0.2) is 30.3 Å². The number of rotatable bonds is 2. The number of aliphatic hydroxyl groups excluding tert-OH is 1. The minimum absolute atomic E-state index is 0.664. The third-order valence-electron chi connectivity index (χ3n) is 1.33. The van der Waals surface area contributed by atoms with Gasteiger partial charge in [0.2, 0.25) is 0 Å². The summed E-state index contributed by atoms with van der Waals surface area (Å²) in [5.41, 5.74) is 0.882. The van der Waals surface area contributed by atoms with E-state index in [9.17, 15) is 0 Å². The molecule has 0 fully saturated rings. The van der Waals surface area contributed by atoms with Crippen LogP contribution in [0.4, 0.5) is 0 Å². The van der Waals surface area contributed by atoms with Crippen LogP contribution in [0.1, 0.15) is 5.56 Å². The largest absolute Gasteiger partial charge is 0.365 e. The van der Waals surface area contributed by atoms with Gasteiger partial charge in [-0.1, -0.05) is 29.8 Å². The third-order valence-corrected chi connectivity index (χ3v) is 1.58. The smallest absolute Gasteiger partial charge is 0.171 e.